The van der Waals surface area contributed by atoms with Crippen LogP contribution >= 0.6 is 0 Å². The van der Waals surface area contributed by atoms with Crippen molar-refractivity contribution in [3.05, 3.63) is 24.3 Å². The molecule has 3 heteroatoms. The monoisotopic (exact) mass is 264 g/mol. The summed E-state index contributed by atoms with van der Waals surface area (Å²) in [5, 5.41) is 3.36. The molecule has 1 aromatic rings. The Morgan fingerprint density at radius 1 is 1.05 bits per heavy atom. The average Bonchev–Trinajstić information content (AvgIpc) is 2.46. The Hall–Kier alpha value is -1.22. The number of benzene rings is 1. The van der Waals surface area contributed by atoms with Crippen molar-refractivity contribution in [3.63, 3.8) is 0 Å². The Balaban J connectivity index is 2.14. The van der Waals surface area contributed by atoms with Gasteiger partial charge in [0, 0.05) is 19.3 Å². The lowest BCUT2D eigenvalue weighted by atomic mass is 10.2. The maximum absolute atomic E-state index is 5.17. The highest BCUT2D eigenvalue weighted by atomic mass is 16.5. The maximum atomic E-state index is 5.17. The van der Waals surface area contributed by atoms with Crippen LogP contribution in [0.2, 0.25) is 0 Å². The van der Waals surface area contributed by atoms with E-state index < -0.39 is 0 Å². The molecule has 0 aromatic heterocycles. The molecule has 0 saturated heterocycles. The predicted octanol–water partition coefficient (Wildman–Crippen LogP) is 3.30. The van der Waals surface area contributed by atoms with Crippen LogP contribution in [0.25, 0.3) is 0 Å². The summed E-state index contributed by atoms with van der Waals surface area (Å²) in [5.41, 5.74) is 1.26. The van der Waals surface area contributed by atoms with Crippen molar-refractivity contribution in [1.82, 2.24) is 5.32 Å². The van der Waals surface area contributed by atoms with Crippen LogP contribution in [-0.2, 0) is 0 Å². The summed E-state index contributed by atoms with van der Waals surface area (Å²) in [6.07, 6.45) is 5.18. The highest BCUT2D eigenvalue weighted by molar-refractivity contribution is 5.48. The van der Waals surface area contributed by atoms with E-state index in [0.29, 0.717) is 0 Å². The van der Waals surface area contributed by atoms with Crippen molar-refractivity contribution >= 4 is 5.69 Å². The second-order valence-corrected chi connectivity index (χ2v) is 4.89. The average molecular weight is 264 g/mol. The molecule has 0 saturated carbocycles. The van der Waals surface area contributed by atoms with Gasteiger partial charge in [-0.3, -0.25) is 0 Å². The topological polar surface area (TPSA) is 24.5 Å². The SMILES string of the molecule is CCNCCCCCCN(C)c1ccc(OC)cc1. The van der Waals surface area contributed by atoms with E-state index in [9.17, 15) is 0 Å². The Morgan fingerprint density at radius 2 is 1.74 bits per heavy atom. The van der Waals surface area contributed by atoms with E-state index in [1.807, 2.05) is 12.1 Å². The molecular formula is C16H28N2O. The van der Waals surface area contributed by atoms with Crippen molar-refractivity contribution in [2.75, 3.05) is 38.7 Å². The second kappa shape index (κ2) is 9.68. The molecule has 0 aliphatic heterocycles. The van der Waals surface area contributed by atoms with Gasteiger partial charge in [0.1, 0.15) is 5.75 Å². The summed E-state index contributed by atoms with van der Waals surface area (Å²) in [4.78, 5) is 2.31. The summed E-state index contributed by atoms with van der Waals surface area (Å²) in [7, 11) is 3.85. The standard InChI is InChI=1S/C16H28N2O/c1-4-17-13-7-5-6-8-14-18(2)15-9-11-16(19-3)12-10-15/h9-12,17H,4-8,13-14H2,1-3H3. The van der Waals surface area contributed by atoms with Crippen LogP contribution in [0, 0.1) is 0 Å². The van der Waals surface area contributed by atoms with Crippen LogP contribution in [0.4, 0.5) is 5.69 Å². The number of hydrogen-bond donors (Lipinski definition) is 1. The largest absolute Gasteiger partial charge is 0.497 e. The maximum Gasteiger partial charge on any atom is 0.119 e. The first-order valence-electron chi connectivity index (χ1n) is 7.34. The van der Waals surface area contributed by atoms with E-state index in [4.69, 9.17) is 4.74 Å². The van der Waals surface area contributed by atoms with Gasteiger partial charge >= 0.3 is 0 Å². The molecule has 0 bridgehead atoms. The first-order valence-corrected chi connectivity index (χ1v) is 7.34. The summed E-state index contributed by atoms with van der Waals surface area (Å²) >= 11 is 0. The Labute approximate surface area is 118 Å². The molecule has 0 amide bonds. The van der Waals surface area contributed by atoms with E-state index in [0.717, 1.165) is 25.4 Å². The molecule has 0 atom stereocenters. The quantitative estimate of drug-likeness (QED) is 0.656. The fourth-order valence-corrected chi connectivity index (χ4v) is 2.10. The van der Waals surface area contributed by atoms with Gasteiger partial charge in [0.25, 0.3) is 0 Å². The molecule has 19 heavy (non-hydrogen) atoms. The number of anilines is 1. The van der Waals surface area contributed by atoms with E-state index in [2.05, 4.69) is 36.3 Å². The number of ether oxygens (including phenoxy) is 1. The van der Waals surface area contributed by atoms with Crippen LogP contribution in [0.15, 0.2) is 24.3 Å². The molecule has 3 nitrogen and oxygen atoms in total. The van der Waals surface area contributed by atoms with Crippen LogP contribution in [0.1, 0.15) is 32.6 Å². The molecule has 0 heterocycles. The van der Waals surface area contributed by atoms with Gasteiger partial charge in [-0.2, -0.15) is 0 Å². The van der Waals surface area contributed by atoms with E-state index in [1.165, 1.54) is 31.4 Å². The molecule has 0 fully saturated rings. The molecular weight excluding hydrogens is 236 g/mol. The van der Waals surface area contributed by atoms with E-state index >= 15 is 0 Å². The fraction of sp³-hybridized carbons (Fsp3) is 0.625. The second-order valence-electron chi connectivity index (χ2n) is 4.89. The number of unbranched alkanes of at least 4 members (excludes halogenated alkanes) is 3. The summed E-state index contributed by atoms with van der Waals surface area (Å²) < 4.78 is 5.17. The zero-order valence-corrected chi connectivity index (χ0v) is 12.6. The van der Waals surface area contributed by atoms with Gasteiger partial charge in [-0.25, -0.2) is 0 Å². The third kappa shape index (κ3) is 6.48. The van der Waals surface area contributed by atoms with Crippen LogP contribution in [0.5, 0.6) is 5.75 Å². The molecule has 0 radical (unpaired) electrons. The first kappa shape index (κ1) is 15.8. The lowest BCUT2D eigenvalue weighted by Gasteiger charge is -2.19. The van der Waals surface area contributed by atoms with Crippen LogP contribution in [-0.4, -0.2) is 33.8 Å². The van der Waals surface area contributed by atoms with Crippen LogP contribution < -0.4 is 15.0 Å². The Kier molecular flexibility index (Phi) is 8.07. The normalized spacial score (nSPS) is 10.5. The lowest BCUT2D eigenvalue weighted by molar-refractivity contribution is 0.415. The van der Waals surface area contributed by atoms with E-state index in [-0.39, 0.29) is 0 Å². The smallest absolute Gasteiger partial charge is 0.119 e. The summed E-state index contributed by atoms with van der Waals surface area (Å²) in [6.45, 7) is 5.52. The third-order valence-electron chi connectivity index (χ3n) is 3.36. The molecule has 1 rings (SSSR count). The number of nitrogens with one attached hydrogen (secondary N) is 1. The fourth-order valence-electron chi connectivity index (χ4n) is 2.10. The summed E-state index contributed by atoms with van der Waals surface area (Å²) in [5.74, 6) is 0.917. The minimum Gasteiger partial charge on any atom is -0.497 e. The first-order chi connectivity index (χ1) is 9.27. The molecule has 108 valence electrons. The Morgan fingerprint density at radius 3 is 2.37 bits per heavy atom. The van der Waals surface area contributed by atoms with Crippen molar-refractivity contribution in [2.24, 2.45) is 0 Å². The van der Waals surface area contributed by atoms with Crippen molar-refractivity contribution in [3.8, 4) is 5.75 Å². The molecule has 0 unspecified atom stereocenters. The minimum absolute atomic E-state index is 0.917. The summed E-state index contributed by atoms with van der Waals surface area (Å²) in [6, 6.07) is 8.26. The third-order valence-corrected chi connectivity index (χ3v) is 3.36. The molecule has 0 aliphatic carbocycles. The molecule has 1 N–H and O–H groups in total. The van der Waals surface area contributed by atoms with Crippen molar-refractivity contribution in [1.29, 1.82) is 0 Å². The molecule has 0 spiro atoms. The highest BCUT2D eigenvalue weighted by Gasteiger charge is 2.00. The number of methoxy groups -OCH3 is 1. The number of nitrogens with zero attached hydrogens (tertiary/aromatic N) is 1. The van der Waals surface area contributed by atoms with Gasteiger partial charge in [-0.15, -0.1) is 0 Å². The van der Waals surface area contributed by atoms with Gasteiger partial charge in [-0.05, 0) is 50.2 Å². The predicted molar refractivity (Wildman–Crippen MR) is 83.3 cm³/mol. The zero-order chi connectivity index (χ0) is 13.9. The van der Waals surface area contributed by atoms with Gasteiger partial charge in [0.15, 0.2) is 0 Å². The number of hydrogen-bond acceptors (Lipinski definition) is 3. The van der Waals surface area contributed by atoms with Gasteiger partial charge in [0.2, 0.25) is 0 Å². The number of rotatable bonds is 10. The van der Waals surface area contributed by atoms with Gasteiger partial charge < -0.3 is 15.0 Å². The van der Waals surface area contributed by atoms with Crippen molar-refractivity contribution in [2.45, 2.75) is 32.6 Å². The Bertz CT molecular complexity index is 324. The lowest BCUT2D eigenvalue weighted by Crippen LogP contribution is -2.18. The van der Waals surface area contributed by atoms with Gasteiger partial charge in [0.05, 0.1) is 7.11 Å². The van der Waals surface area contributed by atoms with Crippen molar-refractivity contribution < 1.29 is 4.74 Å². The highest BCUT2D eigenvalue weighted by Crippen LogP contribution is 2.18. The van der Waals surface area contributed by atoms with E-state index in [1.54, 1.807) is 7.11 Å². The molecule has 0 aliphatic rings. The van der Waals surface area contributed by atoms with Gasteiger partial charge in [-0.1, -0.05) is 19.8 Å². The van der Waals surface area contributed by atoms with Crippen LogP contribution in [0.3, 0.4) is 0 Å². The molecule has 1 aromatic carbocycles. The minimum atomic E-state index is 0.917. The zero-order valence-electron chi connectivity index (χ0n) is 12.6.